The predicted molar refractivity (Wildman–Crippen MR) is 215 cm³/mol. The van der Waals surface area contributed by atoms with Gasteiger partial charge in [0.15, 0.2) is 0 Å². The van der Waals surface area contributed by atoms with Crippen molar-refractivity contribution in [1.29, 1.82) is 0 Å². The van der Waals surface area contributed by atoms with Gasteiger partial charge in [0.05, 0.1) is 6.67 Å². The molecule has 0 aromatic heterocycles. The third kappa shape index (κ3) is 10.1. The number of benzene rings is 7. The first-order valence-electron chi connectivity index (χ1n) is 17.2. The second kappa shape index (κ2) is 18.3. The number of aryl methyl sites for hydroxylation is 4. The van der Waals surface area contributed by atoms with Gasteiger partial charge in [-0.15, -0.1) is 0 Å². The van der Waals surface area contributed by atoms with Crippen molar-refractivity contribution < 1.29 is 32.7 Å². The molecule has 0 aliphatic heterocycles. The van der Waals surface area contributed by atoms with Crippen molar-refractivity contribution in [3.05, 3.63) is 210 Å². The van der Waals surface area contributed by atoms with E-state index in [1.54, 1.807) is 0 Å². The first-order valence-corrected chi connectivity index (χ1v) is 17.2. The van der Waals surface area contributed by atoms with Crippen molar-refractivity contribution in [3.8, 4) is 0 Å². The molecule has 0 aliphatic rings. The molecule has 7 rings (SSSR count). The van der Waals surface area contributed by atoms with Crippen LogP contribution in [0.5, 0.6) is 0 Å². The Morgan fingerprint density at radius 3 is 0.784 bits per heavy atom. The summed E-state index contributed by atoms with van der Waals surface area (Å²) in [5.74, 6) is 0. The van der Waals surface area contributed by atoms with Gasteiger partial charge < -0.3 is 14.7 Å². The van der Waals surface area contributed by atoms with Crippen LogP contribution in [0.3, 0.4) is 0 Å². The van der Waals surface area contributed by atoms with Gasteiger partial charge in [0.2, 0.25) is 0 Å². The van der Waals surface area contributed by atoms with E-state index in [1.165, 1.54) is 62.1 Å². The second-order valence-electron chi connectivity index (χ2n) is 12.7. The molecule has 7 aromatic rings. The molecule has 0 heterocycles. The Bertz CT molecular complexity index is 1900. The summed E-state index contributed by atoms with van der Waals surface area (Å²) >= 11 is 0. The average Bonchev–Trinajstić information content (AvgIpc) is 3.16. The first-order chi connectivity index (χ1) is 24.4. The molecule has 251 valence electrons. The molecule has 4 heteroatoms. The molecule has 0 amide bonds. The van der Waals surface area contributed by atoms with Crippen LogP contribution < -0.4 is 14.7 Å². The van der Waals surface area contributed by atoms with Crippen LogP contribution in [-0.4, -0.2) is 6.67 Å². The number of rotatable bonds is 9. The molecular formula is C47H45N3Y. The summed E-state index contributed by atoms with van der Waals surface area (Å²) in [6.07, 6.45) is 0. The maximum atomic E-state index is 2.35. The van der Waals surface area contributed by atoms with E-state index in [0.29, 0.717) is 6.67 Å². The van der Waals surface area contributed by atoms with Crippen molar-refractivity contribution in [2.75, 3.05) is 21.4 Å². The maximum Gasteiger partial charge on any atom is 0.0999 e. The number of nitrogens with zero attached hydrogens (tertiary/aromatic N) is 3. The van der Waals surface area contributed by atoms with Crippen LogP contribution in [0.4, 0.5) is 39.8 Å². The van der Waals surface area contributed by atoms with E-state index in [0.717, 1.165) is 0 Å². The Morgan fingerprint density at radius 1 is 0.275 bits per heavy atom. The topological polar surface area (TPSA) is 9.72 Å². The van der Waals surface area contributed by atoms with E-state index < -0.39 is 0 Å². The Morgan fingerprint density at radius 2 is 0.490 bits per heavy atom. The van der Waals surface area contributed by atoms with E-state index in [4.69, 9.17) is 0 Å². The van der Waals surface area contributed by atoms with Crippen LogP contribution in [0, 0.1) is 27.7 Å². The van der Waals surface area contributed by atoms with Crippen LogP contribution in [0.1, 0.15) is 22.3 Å². The molecule has 1 radical (unpaired) electrons. The van der Waals surface area contributed by atoms with Gasteiger partial charge in [-0.1, -0.05) is 125 Å². The number of anilines is 7. The van der Waals surface area contributed by atoms with Crippen LogP contribution in [0.2, 0.25) is 0 Å². The zero-order valence-electron chi connectivity index (χ0n) is 30.0. The summed E-state index contributed by atoms with van der Waals surface area (Å²) in [5.41, 5.74) is 13.3. The van der Waals surface area contributed by atoms with Crippen molar-refractivity contribution in [3.63, 3.8) is 0 Å². The van der Waals surface area contributed by atoms with E-state index in [1.807, 2.05) is 6.07 Å². The summed E-state index contributed by atoms with van der Waals surface area (Å²) < 4.78 is 0. The predicted octanol–water partition coefficient (Wildman–Crippen LogP) is 13.0. The minimum atomic E-state index is 0. The molecular weight excluding hydrogens is 695 g/mol. The minimum Gasteiger partial charge on any atom is -0.323 e. The molecule has 7 aromatic carbocycles. The number of para-hydroxylation sites is 3. The van der Waals surface area contributed by atoms with Gasteiger partial charge in [-0.05, 0) is 113 Å². The van der Waals surface area contributed by atoms with Gasteiger partial charge in [-0.3, -0.25) is 0 Å². The van der Waals surface area contributed by atoms with Crippen molar-refractivity contribution in [1.82, 2.24) is 0 Å². The minimum absolute atomic E-state index is 0. The van der Waals surface area contributed by atoms with Crippen molar-refractivity contribution in [2.24, 2.45) is 0 Å². The summed E-state index contributed by atoms with van der Waals surface area (Å²) in [6.45, 7) is 9.18. The molecule has 0 N–H and O–H groups in total. The molecule has 0 spiro atoms. The van der Waals surface area contributed by atoms with Crippen LogP contribution in [0.25, 0.3) is 0 Å². The van der Waals surface area contributed by atoms with Gasteiger partial charge in [-0.2, -0.15) is 0 Å². The molecule has 0 unspecified atom stereocenters. The van der Waals surface area contributed by atoms with Gasteiger partial charge in [0, 0.05) is 72.5 Å². The Balaban J connectivity index is 0.000000204. The van der Waals surface area contributed by atoms with E-state index in [2.05, 4.69) is 224 Å². The zero-order valence-corrected chi connectivity index (χ0v) is 32.9. The Kier molecular flexibility index (Phi) is 13.4. The molecule has 51 heavy (non-hydrogen) atoms. The summed E-state index contributed by atoms with van der Waals surface area (Å²) in [7, 11) is 0. The maximum absolute atomic E-state index is 2.35. The molecule has 0 atom stereocenters. The number of hydrogen-bond acceptors (Lipinski definition) is 3. The fraction of sp³-hybridized carbons (Fsp3) is 0.106. The van der Waals surface area contributed by atoms with Gasteiger partial charge in [-0.25, -0.2) is 0 Å². The van der Waals surface area contributed by atoms with E-state index in [-0.39, 0.29) is 32.7 Å². The van der Waals surface area contributed by atoms with E-state index in [9.17, 15) is 0 Å². The van der Waals surface area contributed by atoms with Crippen LogP contribution in [0.15, 0.2) is 188 Å². The van der Waals surface area contributed by atoms with Gasteiger partial charge in [0.1, 0.15) is 0 Å². The molecule has 0 aliphatic carbocycles. The quantitative estimate of drug-likeness (QED) is 0.136. The second-order valence-corrected chi connectivity index (χ2v) is 12.7. The third-order valence-corrected chi connectivity index (χ3v) is 8.71. The zero-order chi connectivity index (χ0) is 34.7. The molecule has 3 nitrogen and oxygen atoms in total. The Labute approximate surface area is 329 Å². The first kappa shape index (κ1) is 37.3. The van der Waals surface area contributed by atoms with Gasteiger partial charge in [0.25, 0.3) is 0 Å². The molecule has 0 bridgehead atoms. The van der Waals surface area contributed by atoms with Crippen LogP contribution in [-0.2, 0) is 32.7 Å². The molecule has 0 saturated carbocycles. The fourth-order valence-electron chi connectivity index (χ4n) is 5.84. The third-order valence-electron chi connectivity index (χ3n) is 8.71. The average molecular weight is 741 g/mol. The molecule has 0 saturated heterocycles. The monoisotopic (exact) mass is 740 g/mol. The van der Waals surface area contributed by atoms with Crippen molar-refractivity contribution in [2.45, 2.75) is 27.7 Å². The summed E-state index contributed by atoms with van der Waals surface area (Å²) in [4.78, 5) is 6.98. The van der Waals surface area contributed by atoms with Gasteiger partial charge >= 0.3 is 0 Å². The SMILES string of the molecule is Cc1ccc(N(CN(c2ccccc2)c2ccc(C)cc2)c2ccccc2)cc1.Cc1ccc(N(c2ccccc2)c2ccc(C)cc2)cc1.[Y]. The Hall–Kier alpha value is -4.96. The largest absolute Gasteiger partial charge is 0.323 e. The van der Waals surface area contributed by atoms with E-state index >= 15 is 0 Å². The standard InChI is InChI=1S/C27H26N2.C20H19N.Y/c1-22-13-17-26(18-14-22)28(24-9-5-3-6-10-24)21-29(25-11-7-4-8-12-25)27-19-15-23(2)16-20-27;1-16-8-12-19(13-9-16)21(18-6-4-3-5-7-18)20-14-10-17(2)11-15-20;/h3-20H,21H2,1-2H3;3-15H,1-2H3;. The smallest absolute Gasteiger partial charge is 0.0999 e. The fourth-order valence-corrected chi connectivity index (χ4v) is 5.84. The molecule has 0 fully saturated rings. The normalized spacial score (nSPS) is 10.3. The van der Waals surface area contributed by atoms with Crippen LogP contribution >= 0.6 is 0 Å². The van der Waals surface area contributed by atoms with Crippen molar-refractivity contribution >= 4 is 39.8 Å². The number of hydrogen-bond donors (Lipinski definition) is 0. The summed E-state index contributed by atoms with van der Waals surface area (Å²) in [6, 6.07) is 66.4. The summed E-state index contributed by atoms with van der Waals surface area (Å²) in [5, 5.41) is 0.